The van der Waals surface area contributed by atoms with Crippen molar-refractivity contribution in [3.05, 3.63) is 57.5 Å². The Kier molecular flexibility index (Phi) is 3.93. The van der Waals surface area contributed by atoms with Gasteiger partial charge in [-0.3, -0.25) is 4.79 Å². The molecular weight excluding hydrogens is 368 g/mol. The molecule has 10 heteroatoms. The molecule has 0 spiro atoms. The number of hydrogen-bond acceptors (Lipinski definition) is 3. The number of nitrogens with one attached hydrogen (secondary N) is 2. The fraction of sp³-hybridized carbons (Fsp3) is 0.353. The van der Waals surface area contributed by atoms with Crippen molar-refractivity contribution in [1.82, 2.24) is 14.9 Å². The average molecular weight is 382 g/mol. The molecule has 1 fully saturated rings. The Morgan fingerprint density at radius 1 is 1.30 bits per heavy atom. The number of carbonyl (C=O) groups excluding carboxylic acids is 1. The zero-order valence-corrected chi connectivity index (χ0v) is 13.8. The zero-order chi connectivity index (χ0) is 19.3. The second-order valence-electron chi connectivity index (χ2n) is 6.61. The number of aromatic nitrogens is 2. The lowest BCUT2D eigenvalue weighted by atomic mass is 9.95. The van der Waals surface area contributed by atoms with Crippen LogP contribution in [0, 0.1) is 5.82 Å². The second-order valence-corrected chi connectivity index (χ2v) is 6.61. The summed E-state index contributed by atoms with van der Waals surface area (Å²) in [7, 11) is 0. The minimum absolute atomic E-state index is 0.198. The van der Waals surface area contributed by atoms with E-state index in [1.807, 2.05) is 0 Å². The number of pyridine rings is 2. The molecule has 0 radical (unpaired) electrons. The first kappa shape index (κ1) is 17.5. The number of H-pyrrole nitrogens is 1. The van der Waals surface area contributed by atoms with Crippen molar-refractivity contribution < 1.29 is 22.4 Å². The lowest BCUT2D eigenvalue weighted by molar-refractivity contribution is -0.141. The first-order valence-corrected chi connectivity index (χ1v) is 8.27. The topological polar surface area (TPSA) is 78.1 Å². The van der Waals surface area contributed by atoms with E-state index in [-0.39, 0.29) is 17.6 Å². The number of anilines is 1. The molecule has 142 valence electrons. The highest BCUT2D eigenvalue weighted by atomic mass is 19.4. The molecule has 2 aromatic rings. The van der Waals surface area contributed by atoms with Crippen LogP contribution in [0.2, 0.25) is 0 Å². The van der Waals surface area contributed by atoms with Gasteiger partial charge in [-0.2, -0.15) is 13.2 Å². The third-order valence-corrected chi connectivity index (χ3v) is 4.98. The molecular formula is C17H14F4N4O2. The SMILES string of the molecule is O=C(Nc1cc(C(F)(F)F)ncc1F)N1C2CCC1c1c[nH]c(=O)cc1C2. The van der Waals surface area contributed by atoms with Gasteiger partial charge in [0.15, 0.2) is 5.82 Å². The Bertz CT molecular complexity index is 972. The van der Waals surface area contributed by atoms with Crippen LogP contribution in [-0.2, 0) is 12.6 Å². The summed E-state index contributed by atoms with van der Waals surface area (Å²) >= 11 is 0. The van der Waals surface area contributed by atoms with Gasteiger partial charge in [0.05, 0.1) is 17.9 Å². The second kappa shape index (κ2) is 6.07. The molecule has 2 aliphatic heterocycles. The molecule has 0 aliphatic carbocycles. The summed E-state index contributed by atoms with van der Waals surface area (Å²) in [6, 6.07) is 0.773. The third-order valence-electron chi connectivity index (χ3n) is 4.98. The maximum absolute atomic E-state index is 13.9. The van der Waals surface area contributed by atoms with Crippen LogP contribution in [0.15, 0.2) is 29.3 Å². The molecule has 4 heterocycles. The number of urea groups is 1. The minimum Gasteiger partial charge on any atom is -0.329 e. The molecule has 2 amide bonds. The van der Waals surface area contributed by atoms with E-state index in [0.29, 0.717) is 31.5 Å². The van der Waals surface area contributed by atoms with Gasteiger partial charge < -0.3 is 15.2 Å². The van der Waals surface area contributed by atoms with Gasteiger partial charge >= 0.3 is 12.2 Å². The summed E-state index contributed by atoms with van der Waals surface area (Å²) < 4.78 is 52.2. The number of amides is 2. The van der Waals surface area contributed by atoms with Crippen LogP contribution >= 0.6 is 0 Å². The summed E-state index contributed by atoms with van der Waals surface area (Å²) in [6.07, 6.45) is -0.947. The molecule has 2 bridgehead atoms. The van der Waals surface area contributed by atoms with Crippen LogP contribution in [-0.4, -0.2) is 26.9 Å². The Labute approximate surface area is 150 Å². The van der Waals surface area contributed by atoms with Gasteiger partial charge in [-0.05, 0) is 36.5 Å². The molecule has 0 saturated carbocycles. The highest BCUT2D eigenvalue weighted by Crippen LogP contribution is 2.43. The Morgan fingerprint density at radius 3 is 2.81 bits per heavy atom. The summed E-state index contributed by atoms with van der Waals surface area (Å²) in [5.74, 6) is -1.05. The van der Waals surface area contributed by atoms with Gasteiger partial charge in [-0.15, -0.1) is 0 Å². The number of carbonyl (C=O) groups is 1. The predicted octanol–water partition coefficient (Wildman–Crippen LogP) is 3.22. The number of rotatable bonds is 1. The van der Waals surface area contributed by atoms with Crippen LogP contribution in [0.5, 0.6) is 0 Å². The molecule has 2 aliphatic rings. The first-order valence-electron chi connectivity index (χ1n) is 8.27. The normalized spacial score (nSPS) is 21.1. The molecule has 6 nitrogen and oxygen atoms in total. The highest BCUT2D eigenvalue weighted by molar-refractivity contribution is 5.90. The molecule has 1 saturated heterocycles. The molecule has 2 N–H and O–H groups in total. The van der Waals surface area contributed by atoms with Gasteiger partial charge in [0.1, 0.15) is 5.69 Å². The van der Waals surface area contributed by atoms with Crippen LogP contribution in [0.1, 0.15) is 35.7 Å². The van der Waals surface area contributed by atoms with Crippen molar-refractivity contribution >= 4 is 11.7 Å². The number of halogens is 4. The Balaban J connectivity index is 1.61. The smallest absolute Gasteiger partial charge is 0.329 e. The number of fused-ring (bicyclic) bond motifs is 4. The molecule has 2 aromatic heterocycles. The maximum Gasteiger partial charge on any atom is 0.433 e. The van der Waals surface area contributed by atoms with Crippen molar-refractivity contribution in [3.8, 4) is 0 Å². The summed E-state index contributed by atoms with van der Waals surface area (Å²) in [4.78, 5) is 31.3. The van der Waals surface area contributed by atoms with E-state index >= 15 is 0 Å². The van der Waals surface area contributed by atoms with Crippen molar-refractivity contribution in [2.45, 2.75) is 37.5 Å². The van der Waals surface area contributed by atoms with E-state index in [1.165, 1.54) is 11.0 Å². The van der Waals surface area contributed by atoms with E-state index in [0.717, 1.165) is 11.1 Å². The summed E-state index contributed by atoms with van der Waals surface area (Å²) in [5, 5.41) is 2.24. The number of alkyl halides is 3. The molecule has 2 atom stereocenters. The van der Waals surface area contributed by atoms with E-state index in [1.54, 1.807) is 6.20 Å². The van der Waals surface area contributed by atoms with Crippen molar-refractivity contribution in [3.63, 3.8) is 0 Å². The van der Waals surface area contributed by atoms with E-state index < -0.39 is 29.4 Å². The summed E-state index contributed by atoms with van der Waals surface area (Å²) in [6.45, 7) is 0. The van der Waals surface area contributed by atoms with Crippen LogP contribution < -0.4 is 10.9 Å². The lowest BCUT2D eigenvalue weighted by Crippen LogP contribution is -2.44. The molecule has 0 aromatic carbocycles. The number of hydrogen-bond donors (Lipinski definition) is 2. The largest absolute Gasteiger partial charge is 0.433 e. The average Bonchev–Trinajstić information content (AvgIpc) is 2.91. The third kappa shape index (κ3) is 3.04. The molecule has 4 rings (SSSR count). The highest BCUT2D eigenvalue weighted by Gasteiger charge is 2.43. The zero-order valence-electron chi connectivity index (χ0n) is 13.8. The fourth-order valence-corrected chi connectivity index (χ4v) is 3.83. The van der Waals surface area contributed by atoms with Crippen LogP contribution in [0.25, 0.3) is 0 Å². The van der Waals surface area contributed by atoms with E-state index in [9.17, 15) is 27.2 Å². The van der Waals surface area contributed by atoms with Crippen molar-refractivity contribution in [2.24, 2.45) is 0 Å². The Morgan fingerprint density at radius 2 is 2.07 bits per heavy atom. The monoisotopic (exact) mass is 382 g/mol. The van der Waals surface area contributed by atoms with Gasteiger partial charge in [0.25, 0.3) is 0 Å². The van der Waals surface area contributed by atoms with Gasteiger partial charge in [-0.1, -0.05) is 0 Å². The standard InChI is InChI=1S/C17H14F4N4O2/c18-11-7-22-14(17(19,20)21)5-12(11)24-16(27)25-9-1-2-13(25)10-6-23-15(26)4-8(10)3-9/h4-7,9,13H,1-3H2,(H,23,26)(H,22,24,27). The quantitative estimate of drug-likeness (QED) is 0.744. The molecule has 2 unspecified atom stereocenters. The summed E-state index contributed by atoms with van der Waals surface area (Å²) in [5.41, 5.74) is -0.447. The fourth-order valence-electron chi connectivity index (χ4n) is 3.83. The van der Waals surface area contributed by atoms with Crippen LogP contribution in [0.3, 0.4) is 0 Å². The van der Waals surface area contributed by atoms with Crippen molar-refractivity contribution in [1.29, 1.82) is 0 Å². The van der Waals surface area contributed by atoms with Gasteiger partial charge in [-0.25, -0.2) is 14.2 Å². The first-order chi connectivity index (χ1) is 12.7. The lowest BCUT2D eigenvalue weighted by Gasteiger charge is -2.36. The van der Waals surface area contributed by atoms with Crippen LogP contribution in [0.4, 0.5) is 28.0 Å². The molecule has 27 heavy (non-hydrogen) atoms. The van der Waals surface area contributed by atoms with Gasteiger partial charge in [0.2, 0.25) is 5.56 Å². The van der Waals surface area contributed by atoms with E-state index in [4.69, 9.17) is 0 Å². The van der Waals surface area contributed by atoms with Crippen molar-refractivity contribution in [2.75, 3.05) is 5.32 Å². The Hall–Kier alpha value is -2.91. The number of aromatic amines is 1. The van der Waals surface area contributed by atoms with Gasteiger partial charge in [0, 0.05) is 18.3 Å². The maximum atomic E-state index is 13.9. The number of nitrogens with zero attached hydrogens (tertiary/aromatic N) is 2. The van der Waals surface area contributed by atoms with E-state index in [2.05, 4.69) is 15.3 Å². The minimum atomic E-state index is -4.75. The predicted molar refractivity (Wildman–Crippen MR) is 86.6 cm³/mol.